The lowest BCUT2D eigenvalue weighted by Gasteiger charge is -2.34. The van der Waals surface area contributed by atoms with Crippen molar-refractivity contribution in [2.75, 3.05) is 6.61 Å². The molecule has 4 nitrogen and oxygen atoms in total. The molecule has 0 amide bonds. The van der Waals surface area contributed by atoms with Crippen LogP contribution in [0.2, 0.25) is 0 Å². The average molecular weight is 647 g/mol. The molecule has 0 spiro atoms. The third-order valence-electron chi connectivity index (χ3n) is 12.0. The van der Waals surface area contributed by atoms with E-state index in [0.717, 1.165) is 31.1 Å². The minimum atomic E-state index is -0.779. The molecule has 3 aliphatic carbocycles. The molecule has 3 fully saturated rings. The molecular formula is C43H66O4. The number of carbonyl (C=O) groups is 2. The van der Waals surface area contributed by atoms with Gasteiger partial charge >= 0.3 is 11.9 Å². The van der Waals surface area contributed by atoms with Crippen LogP contribution in [0.1, 0.15) is 185 Å². The number of carbonyl (C=O) groups excluding carboxylic acids is 2. The van der Waals surface area contributed by atoms with Crippen LogP contribution in [0.4, 0.5) is 0 Å². The van der Waals surface area contributed by atoms with Crippen molar-refractivity contribution in [3.63, 3.8) is 0 Å². The van der Waals surface area contributed by atoms with E-state index in [1.807, 2.05) is 24.3 Å². The maximum atomic E-state index is 13.7. The molecule has 5 rings (SSSR count). The van der Waals surface area contributed by atoms with Gasteiger partial charge < -0.3 is 9.47 Å². The van der Waals surface area contributed by atoms with Crippen LogP contribution in [0, 0.1) is 17.3 Å². The van der Waals surface area contributed by atoms with Crippen LogP contribution in [0.25, 0.3) is 0 Å². The number of ether oxygens (including phenoxy) is 2. The van der Waals surface area contributed by atoms with E-state index in [-0.39, 0.29) is 21.4 Å². The van der Waals surface area contributed by atoms with Crippen molar-refractivity contribution in [2.24, 2.45) is 17.3 Å². The van der Waals surface area contributed by atoms with Gasteiger partial charge in [-0.15, -0.1) is 0 Å². The Morgan fingerprint density at radius 2 is 1.15 bits per heavy atom. The first-order valence-electron chi connectivity index (χ1n) is 19.6. The van der Waals surface area contributed by atoms with E-state index in [1.165, 1.54) is 114 Å². The highest BCUT2D eigenvalue weighted by Crippen LogP contribution is 2.41. The summed E-state index contributed by atoms with van der Waals surface area (Å²) in [5, 5.41) is 0. The summed E-state index contributed by atoms with van der Waals surface area (Å²) in [5.41, 5.74) is 2.48. The summed E-state index contributed by atoms with van der Waals surface area (Å²) in [6.07, 6.45) is 25.5. The van der Waals surface area contributed by atoms with Gasteiger partial charge in [-0.25, -0.2) is 4.79 Å². The predicted octanol–water partition coefficient (Wildman–Crippen LogP) is 12.6. The smallest absolute Gasteiger partial charge is 0.338 e. The Kier molecular flexibility index (Phi) is 13.8. The van der Waals surface area contributed by atoms with Crippen molar-refractivity contribution in [2.45, 2.75) is 161 Å². The summed E-state index contributed by atoms with van der Waals surface area (Å²) in [4.78, 5) is 26.8. The number of benzene rings is 2. The van der Waals surface area contributed by atoms with E-state index in [0.29, 0.717) is 36.0 Å². The van der Waals surface area contributed by atoms with Crippen LogP contribution in [0.5, 0.6) is 5.75 Å². The monoisotopic (exact) mass is 646 g/mol. The van der Waals surface area contributed by atoms with Gasteiger partial charge in [-0.2, -0.15) is 0 Å². The highest BCUT2D eigenvalue weighted by Gasteiger charge is 2.43. The third kappa shape index (κ3) is 10.2. The maximum absolute atomic E-state index is 13.7. The highest BCUT2D eigenvalue weighted by molar-refractivity contribution is 5.90. The first-order chi connectivity index (χ1) is 23.0. The Labute approximate surface area is 288 Å². The van der Waals surface area contributed by atoms with E-state index in [9.17, 15) is 9.59 Å². The van der Waals surface area contributed by atoms with Crippen molar-refractivity contribution in [3.8, 4) is 5.75 Å². The lowest BCUT2D eigenvalue weighted by molar-refractivity contribution is -0.151. The Hall–Kier alpha value is -2.62. The third-order valence-corrected chi connectivity index (χ3v) is 12.0. The Bertz CT molecular complexity index is 1220. The largest absolute Gasteiger partial charge is 0.461 e. The molecule has 0 aromatic heterocycles. The first kappa shape index (κ1) is 35.7. The summed E-state index contributed by atoms with van der Waals surface area (Å²) < 4.78 is 11.9. The quantitative estimate of drug-likeness (QED) is 0.110. The molecule has 0 atom stereocenters. The van der Waals surface area contributed by atoms with E-state index in [2.05, 4.69) is 38.1 Å². The second-order valence-electron chi connectivity index (χ2n) is 15.4. The molecule has 3 aliphatic rings. The zero-order chi connectivity index (χ0) is 32.9. The molecule has 0 unspecified atom stereocenters. The summed E-state index contributed by atoms with van der Waals surface area (Å²) >= 11 is 0. The second-order valence-corrected chi connectivity index (χ2v) is 15.4. The standard InChI is InChI=1S/C43H62O4.2H2/c1-3-5-8-12-33-14-18-35(19-15-33)37-22-24-39(25-23-37)41(44)46-32-43(30-10-7-11-31-43)42(45)47-40-28-26-38(27-29-40)36-20-16-34(17-21-36)13-9-6-4-2;;/h22-29,33-36H,3-21,30-32H2,1-2H3;2*1H. The van der Waals surface area contributed by atoms with Crippen LogP contribution < -0.4 is 4.74 Å². The van der Waals surface area contributed by atoms with E-state index < -0.39 is 5.41 Å². The number of rotatable bonds is 15. The topological polar surface area (TPSA) is 52.6 Å². The van der Waals surface area contributed by atoms with Gasteiger partial charge in [0.2, 0.25) is 0 Å². The zero-order valence-electron chi connectivity index (χ0n) is 29.6. The Morgan fingerprint density at radius 1 is 0.660 bits per heavy atom. The van der Waals surface area contributed by atoms with Crippen LogP contribution >= 0.6 is 0 Å². The molecule has 2 aromatic rings. The van der Waals surface area contributed by atoms with E-state index in [4.69, 9.17) is 9.47 Å². The molecule has 0 N–H and O–H groups in total. The van der Waals surface area contributed by atoms with Crippen molar-refractivity contribution in [1.29, 1.82) is 0 Å². The molecule has 0 aliphatic heterocycles. The Morgan fingerprint density at radius 3 is 1.64 bits per heavy atom. The summed E-state index contributed by atoms with van der Waals surface area (Å²) in [5.74, 6) is 2.97. The Balaban J connectivity index is 0.00000325. The first-order valence-corrected chi connectivity index (χ1v) is 19.6. The number of unbranched alkanes of at least 4 members (excludes halogenated alkanes) is 4. The van der Waals surface area contributed by atoms with Gasteiger partial charge in [-0.05, 0) is 123 Å². The summed E-state index contributed by atoms with van der Waals surface area (Å²) in [7, 11) is 0. The van der Waals surface area contributed by atoms with Gasteiger partial charge in [0.25, 0.3) is 0 Å². The van der Waals surface area contributed by atoms with Crippen molar-refractivity contribution < 1.29 is 21.9 Å². The van der Waals surface area contributed by atoms with Gasteiger partial charge in [0.1, 0.15) is 17.8 Å². The van der Waals surface area contributed by atoms with Crippen molar-refractivity contribution in [1.82, 2.24) is 0 Å². The minimum Gasteiger partial charge on any atom is -0.461 e. The maximum Gasteiger partial charge on any atom is 0.338 e. The second kappa shape index (κ2) is 18.2. The van der Waals surface area contributed by atoms with Crippen molar-refractivity contribution >= 4 is 11.9 Å². The minimum absolute atomic E-state index is 0. The molecule has 262 valence electrons. The van der Waals surface area contributed by atoms with Gasteiger partial charge in [0, 0.05) is 2.85 Å². The van der Waals surface area contributed by atoms with Gasteiger partial charge in [0.05, 0.1) is 5.56 Å². The average Bonchev–Trinajstić information content (AvgIpc) is 3.12. The predicted molar refractivity (Wildman–Crippen MR) is 196 cm³/mol. The molecule has 3 saturated carbocycles. The van der Waals surface area contributed by atoms with Gasteiger partial charge in [0.15, 0.2) is 0 Å². The summed E-state index contributed by atoms with van der Waals surface area (Å²) in [6, 6.07) is 16.3. The lowest BCUT2D eigenvalue weighted by atomic mass is 9.74. The van der Waals surface area contributed by atoms with Crippen LogP contribution in [0.3, 0.4) is 0 Å². The zero-order valence-corrected chi connectivity index (χ0v) is 29.6. The fraction of sp³-hybridized carbons (Fsp3) is 0.674. The molecule has 0 saturated heterocycles. The van der Waals surface area contributed by atoms with Crippen molar-refractivity contribution in [3.05, 3.63) is 65.2 Å². The normalized spacial score (nSPS) is 24.4. The molecule has 0 heterocycles. The van der Waals surface area contributed by atoms with Crippen LogP contribution in [0.15, 0.2) is 48.5 Å². The number of esters is 2. The fourth-order valence-corrected chi connectivity index (χ4v) is 8.77. The van der Waals surface area contributed by atoms with Crippen LogP contribution in [-0.2, 0) is 9.53 Å². The SMILES string of the molecule is CCCCCC1CCC(c2ccc(OC(=O)C3(COC(=O)c4ccc(C5CCC(CCCCC)CC5)cc4)CCCCC3)cc2)CC1.[HH].[HH]. The lowest BCUT2D eigenvalue weighted by Crippen LogP contribution is -2.41. The molecule has 0 bridgehead atoms. The van der Waals surface area contributed by atoms with Gasteiger partial charge in [-0.3, -0.25) is 4.79 Å². The fourth-order valence-electron chi connectivity index (χ4n) is 8.77. The van der Waals surface area contributed by atoms with E-state index >= 15 is 0 Å². The number of hydrogen-bond acceptors (Lipinski definition) is 4. The van der Waals surface area contributed by atoms with Crippen LogP contribution in [-0.4, -0.2) is 18.5 Å². The molecule has 2 aromatic carbocycles. The molecule has 47 heavy (non-hydrogen) atoms. The molecule has 4 heteroatoms. The van der Waals surface area contributed by atoms with E-state index in [1.54, 1.807) is 0 Å². The number of hydrogen-bond donors (Lipinski definition) is 0. The molecular weight excluding hydrogens is 580 g/mol. The van der Waals surface area contributed by atoms with Gasteiger partial charge in [-0.1, -0.05) is 109 Å². The highest BCUT2D eigenvalue weighted by atomic mass is 16.6. The summed E-state index contributed by atoms with van der Waals surface area (Å²) in [6.45, 7) is 4.63. The molecule has 0 radical (unpaired) electrons.